The van der Waals surface area contributed by atoms with Gasteiger partial charge in [-0.05, 0) is 12.1 Å². The lowest BCUT2D eigenvalue weighted by molar-refractivity contribution is -0.383. The highest BCUT2D eigenvalue weighted by Crippen LogP contribution is 2.36. The Kier molecular flexibility index (Phi) is 4.04. The summed E-state index contributed by atoms with van der Waals surface area (Å²) in [6.07, 6.45) is 1.41. The van der Waals surface area contributed by atoms with E-state index >= 15 is 0 Å². The van der Waals surface area contributed by atoms with Gasteiger partial charge in [0.15, 0.2) is 5.00 Å². The highest BCUT2D eigenvalue weighted by molar-refractivity contribution is 7.91. The third-order valence-electron chi connectivity index (χ3n) is 2.30. The number of furan rings is 1. The normalized spacial score (nSPS) is 11.4. The van der Waals surface area contributed by atoms with Crippen molar-refractivity contribution in [2.45, 2.75) is 10.8 Å². The maximum Gasteiger partial charge on any atom is 0.306 e. The predicted molar refractivity (Wildman–Crippen MR) is 71.5 cm³/mol. The zero-order valence-corrected chi connectivity index (χ0v) is 11.5. The van der Waals surface area contributed by atoms with Crippen LogP contribution in [-0.2, 0) is 16.6 Å². The quantitative estimate of drug-likeness (QED) is 0.410. The van der Waals surface area contributed by atoms with Gasteiger partial charge in [0.2, 0.25) is 0 Å². The summed E-state index contributed by atoms with van der Waals surface area (Å²) in [6.45, 7) is -0.0492. The molecule has 0 aliphatic rings. The lowest BCUT2D eigenvalue weighted by Gasteiger charge is -2.01. The summed E-state index contributed by atoms with van der Waals surface area (Å²) < 4.78 is 31.1. The van der Waals surface area contributed by atoms with E-state index in [4.69, 9.17) is 10.3 Å². The van der Waals surface area contributed by atoms with Crippen LogP contribution in [0.4, 0.5) is 10.7 Å². The monoisotopic (exact) mass is 318 g/mol. The lowest BCUT2D eigenvalue weighted by atomic mass is 10.5. The van der Waals surface area contributed by atoms with Crippen LogP contribution in [0.15, 0.2) is 33.1 Å². The van der Waals surface area contributed by atoms with Gasteiger partial charge in [0.25, 0.3) is 10.0 Å². The Balaban J connectivity index is 2.23. The molecular formula is C9H10N4O5S2. The third kappa shape index (κ3) is 2.96. The van der Waals surface area contributed by atoms with E-state index in [1.54, 1.807) is 12.1 Å². The number of nitrogen functional groups attached to an aromatic ring is 1. The van der Waals surface area contributed by atoms with Crippen LogP contribution < -0.4 is 16.0 Å². The average Bonchev–Trinajstić information content (AvgIpc) is 3.05. The van der Waals surface area contributed by atoms with Crippen LogP contribution in [0.3, 0.4) is 0 Å². The first-order valence-electron chi connectivity index (χ1n) is 5.21. The predicted octanol–water partition coefficient (Wildman–Crippen LogP) is 1.01. The van der Waals surface area contributed by atoms with Gasteiger partial charge in [0.05, 0.1) is 17.7 Å². The minimum atomic E-state index is -3.87. The zero-order valence-electron chi connectivity index (χ0n) is 9.90. The summed E-state index contributed by atoms with van der Waals surface area (Å²) in [5, 5.41) is 10.7. The second-order valence-corrected chi connectivity index (χ2v) is 6.63. The van der Waals surface area contributed by atoms with Crippen molar-refractivity contribution in [1.82, 2.24) is 4.72 Å². The van der Waals surface area contributed by atoms with Crippen molar-refractivity contribution in [1.29, 1.82) is 0 Å². The second-order valence-electron chi connectivity index (χ2n) is 3.59. The molecule has 108 valence electrons. The summed E-state index contributed by atoms with van der Waals surface area (Å²) in [5.41, 5.74) is 1.71. The van der Waals surface area contributed by atoms with Gasteiger partial charge in [-0.15, -0.1) is 0 Å². The van der Waals surface area contributed by atoms with Crippen molar-refractivity contribution >= 4 is 32.0 Å². The fraction of sp³-hybridized carbons (Fsp3) is 0.111. The number of nitro groups is 1. The summed E-state index contributed by atoms with van der Waals surface area (Å²) >= 11 is 0.673. The fourth-order valence-electron chi connectivity index (χ4n) is 1.38. The molecule has 2 aromatic heterocycles. The van der Waals surface area contributed by atoms with Crippen molar-refractivity contribution in [2.75, 3.05) is 5.43 Å². The summed E-state index contributed by atoms with van der Waals surface area (Å²) in [7, 11) is -3.87. The molecule has 0 atom stereocenters. The molecule has 4 N–H and O–H groups in total. The van der Waals surface area contributed by atoms with E-state index < -0.39 is 20.6 Å². The number of anilines is 1. The molecule has 0 radical (unpaired) electrons. The molecule has 11 heteroatoms. The molecule has 2 heterocycles. The molecule has 0 aliphatic carbocycles. The maximum absolute atomic E-state index is 12.0. The number of nitrogens with one attached hydrogen (secondary N) is 2. The van der Waals surface area contributed by atoms with Crippen molar-refractivity contribution in [3.63, 3.8) is 0 Å². The standard InChI is InChI=1S/C9H10N4O5S2/c10-12-9-7(13(14)15)4-8(19-9)20(16,17)11-5-6-2-1-3-18-6/h1-4,11-12H,5,10H2. The van der Waals surface area contributed by atoms with Gasteiger partial charge in [0.1, 0.15) is 9.97 Å². The number of hydrogen-bond donors (Lipinski definition) is 3. The Bertz CT molecular complexity index is 707. The highest BCUT2D eigenvalue weighted by Gasteiger charge is 2.25. The topological polar surface area (TPSA) is 140 Å². The number of nitrogens with zero attached hydrogens (tertiary/aromatic N) is 1. The number of sulfonamides is 1. The van der Waals surface area contributed by atoms with E-state index in [-0.39, 0.29) is 15.8 Å². The fourth-order valence-corrected chi connectivity index (χ4v) is 3.66. The molecular weight excluding hydrogens is 308 g/mol. The smallest absolute Gasteiger partial charge is 0.306 e. The molecule has 0 fully saturated rings. The van der Waals surface area contributed by atoms with Crippen molar-refractivity contribution < 1.29 is 17.8 Å². The van der Waals surface area contributed by atoms with E-state index in [2.05, 4.69) is 10.1 Å². The second kappa shape index (κ2) is 5.58. The molecule has 0 aliphatic heterocycles. The number of hydrazine groups is 1. The largest absolute Gasteiger partial charge is 0.468 e. The van der Waals surface area contributed by atoms with Gasteiger partial charge < -0.3 is 9.84 Å². The minimum Gasteiger partial charge on any atom is -0.468 e. The van der Waals surface area contributed by atoms with E-state index in [1.807, 2.05) is 0 Å². The van der Waals surface area contributed by atoms with Gasteiger partial charge in [0, 0.05) is 6.07 Å². The van der Waals surface area contributed by atoms with Gasteiger partial charge >= 0.3 is 5.69 Å². The zero-order chi connectivity index (χ0) is 14.8. The Hall–Kier alpha value is -1.95. The molecule has 0 saturated carbocycles. The first kappa shape index (κ1) is 14.5. The van der Waals surface area contributed by atoms with E-state index in [1.165, 1.54) is 6.26 Å². The van der Waals surface area contributed by atoms with Crippen molar-refractivity contribution in [3.05, 3.63) is 40.3 Å². The molecule has 20 heavy (non-hydrogen) atoms. The van der Waals surface area contributed by atoms with Gasteiger partial charge in [-0.25, -0.2) is 19.0 Å². The van der Waals surface area contributed by atoms with Crippen LogP contribution in [0.25, 0.3) is 0 Å². The van der Waals surface area contributed by atoms with Gasteiger partial charge in [-0.1, -0.05) is 11.3 Å². The number of nitrogens with two attached hydrogens (primary N) is 1. The van der Waals surface area contributed by atoms with Gasteiger partial charge in [-0.3, -0.25) is 10.1 Å². The van der Waals surface area contributed by atoms with E-state index in [0.717, 1.165) is 6.07 Å². The molecule has 2 rings (SSSR count). The number of thiophene rings is 1. The van der Waals surface area contributed by atoms with Crippen LogP contribution in [0, 0.1) is 10.1 Å². The van der Waals surface area contributed by atoms with Crippen LogP contribution in [0.2, 0.25) is 0 Å². The van der Waals surface area contributed by atoms with Crippen molar-refractivity contribution in [2.24, 2.45) is 5.84 Å². The van der Waals surface area contributed by atoms with Crippen LogP contribution in [-0.4, -0.2) is 13.3 Å². The Morgan fingerprint density at radius 3 is 2.75 bits per heavy atom. The molecule has 9 nitrogen and oxygen atoms in total. The molecule has 2 aromatic rings. The maximum atomic E-state index is 12.0. The molecule has 0 bridgehead atoms. The molecule has 0 unspecified atom stereocenters. The van der Waals surface area contributed by atoms with Crippen LogP contribution in [0.1, 0.15) is 5.76 Å². The Morgan fingerprint density at radius 1 is 1.50 bits per heavy atom. The number of hydrogen-bond acceptors (Lipinski definition) is 8. The summed E-state index contributed by atoms with van der Waals surface area (Å²) in [4.78, 5) is 10.0. The SMILES string of the molecule is NNc1sc(S(=O)(=O)NCc2ccco2)cc1[N+](=O)[O-]. The highest BCUT2D eigenvalue weighted by atomic mass is 32.2. The van der Waals surface area contributed by atoms with E-state index in [9.17, 15) is 18.5 Å². The van der Waals surface area contributed by atoms with Crippen LogP contribution >= 0.6 is 11.3 Å². The number of rotatable bonds is 6. The summed E-state index contributed by atoms with van der Waals surface area (Å²) in [6, 6.07) is 4.17. The average molecular weight is 318 g/mol. The molecule has 0 saturated heterocycles. The van der Waals surface area contributed by atoms with Gasteiger partial charge in [-0.2, -0.15) is 0 Å². The molecule has 0 amide bonds. The Labute approximate surface area is 117 Å². The summed E-state index contributed by atoms with van der Waals surface area (Å²) in [5.74, 6) is 5.55. The molecule has 0 spiro atoms. The van der Waals surface area contributed by atoms with Crippen LogP contribution in [0.5, 0.6) is 0 Å². The first-order valence-corrected chi connectivity index (χ1v) is 7.51. The van der Waals surface area contributed by atoms with E-state index in [0.29, 0.717) is 17.1 Å². The minimum absolute atomic E-state index is 0.0339. The Morgan fingerprint density at radius 2 is 2.25 bits per heavy atom. The van der Waals surface area contributed by atoms with Crippen molar-refractivity contribution in [3.8, 4) is 0 Å². The third-order valence-corrected chi connectivity index (χ3v) is 5.23. The molecule has 0 aromatic carbocycles. The lowest BCUT2D eigenvalue weighted by Crippen LogP contribution is -2.22. The first-order chi connectivity index (χ1) is 9.44.